The molecule has 0 saturated carbocycles. The molecule has 124 valence electrons. The SMILES string of the molecule is COc1cc(OC)c2c(c1)sc(=NC(=O)C=Cc1cccs1)n2C. The number of carbonyl (C=O) groups is 1. The zero-order chi connectivity index (χ0) is 17.1. The zero-order valence-corrected chi connectivity index (χ0v) is 15.1. The van der Waals surface area contributed by atoms with Crippen LogP contribution in [0.3, 0.4) is 0 Å². The Balaban J connectivity index is 2.03. The highest BCUT2D eigenvalue weighted by Crippen LogP contribution is 2.32. The summed E-state index contributed by atoms with van der Waals surface area (Å²) in [5, 5.41) is 1.97. The Kier molecular flexibility index (Phi) is 4.82. The Morgan fingerprint density at radius 3 is 2.79 bits per heavy atom. The van der Waals surface area contributed by atoms with Crippen LogP contribution in [0.15, 0.2) is 40.7 Å². The largest absolute Gasteiger partial charge is 0.497 e. The van der Waals surface area contributed by atoms with Crippen molar-refractivity contribution in [2.75, 3.05) is 14.2 Å². The van der Waals surface area contributed by atoms with Crippen molar-refractivity contribution in [2.45, 2.75) is 0 Å². The maximum atomic E-state index is 12.1. The number of hydrogen-bond donors (Lipinski definition) is 0. The van der Waals surface area contributed by atoms with Gasteiger partial charge in [0.15, 0.2) is 4.80 Å². The number of amides is 1. The summed E-state index contributed by atoms with van der Waals surface area (Å²) >= 11 is 2.99. The van der Waals surface area contributed by atoms with Gasteiger partial charge in [-0.05, 0) is 23.6 Å². The van der Waals surface area contributed by atoms with E-state index >= 15 is 0 Å². The summed E-state index contributed by atoms with van der Waals surface area (Å²) in [5.41, 5.74) is 0.886. The summed E-state index contributed by atoms with van der Waals surface area (Å²) in [4.78, 5) is 17.9. The molecule has 0 atom stereocenters. The molecule has 0 fully saturated rings. The number of carbonyl (C=O) groups excluding carboxylic acids is 1. The smallest absolute Gasteiger partial charge is 0.272 e. The number of ether oxygens (including phenoxy) is 2. The lowest BCUT2D eigenvalue weighted by atomic mass is 10.3. The number of rotatable bonds is 4. The van der Waals surface area contributed by atoms with E-state index in [1.54, 1.807) is 31.6 Å². The van der Waals surface area contributed by atoms with Crippen LogP contribution in [0.2, 0.25) is 0 Å². The maximum Gasteiger partial charge on any atom is 0.272 e. The summed E-state index contributed by atoms with van der Waals surface area (Å²) in [5.74, 6) is 1.10. The third-order valence-electron chi connectivity index (χ3n) is 3.43. The molecule has 3 rings (SSSR count). The molecule has 2 aromatic heterocycles. The monoisotopic (exact) mass is 360 g/mol. The molecule has 2 heterocycles. The highest BCUT2D eigenvalue weighted by molar-refractivity contribution is 7.16. The normalized spacial score (nSPS) is 12.2. The molecule has 0 aliphatic rings. The minimum absolute atomic E-state index is 0.295. The molecule has 1 amide bonds. The summed E-state index contributed by atoms with van der Waals surface area (Å²) in [7, 11) is 5.08. The van der Waals surface area contributed by atoms with Crippen LogP contribution in [0.5, 0.6) is 11.5 Å². The Labute approximate surface area is 147 Å². The second kappa shape index (κ2) is 7.02. The van der Waals surface area contributed by atoms with Crippen molar-refractivity contribution >= 4 is 44.9 Å². The van der Waals surface area contributed by atoms with Gasteiger partial charge in [0.2, 0.25) is 0 Å². The van der Waals surface area contributed by atoms with Crippen molar-refractivity contribution in [2.24, 2.45) is 12.0 Å². The molecular formula is C17H16N2O3S2. The number of fused-ring (bicyclic) bond motifs is 1. The van der Waals surface area contributed by atoms with Gasteiger partial charge in [0.25, 0.3) is 5.91 Å². The van der Waals surface area contributed by atoms with Crippen LogP contribution >= 0.6 is 22.7 Å². The molecule has 0 bridgehead atoms. The number of thiazole rings is 1. The van der Waals surface area contributed by atoms with E-state index in [1.165, 1.54) is 17.4 Å². The first-order valence-electron chi connectivity index (χ1n) is 7.14. The second-order valence-electron chi connectivity index (χ2n) is 4.92. The number of methoxy groups -OCH3 is 2. The quantitative estimate of drug-likeness (QED) is 0.670. The van der Waals surface area contributed by atoms with Crippen molar-refractivity contribution in [1.29, 1.82) is 0 Å². The average molecular weight is 360 g/mol. The van der Waals surface area contributed by atoms with E-state index in [-0.39, 0.29) is 5.91 Å². The van der Waals surface area contributed by atoms with Gasteiger partial charge in [-0.15, -0.1) is 11.3 Å². The van der Waals surface area contributed by atoms with Crippen LogP contribution in [0.4, 0.5) is 0 Å². The summed E-state index contributed by atoms with van der Waals surface area (Å²) in [6.45, 7) is 0. The standard InChI is InChI=1S/C17H16N2O3S2/c1-19-16-13(22-3)9-11(21-2)10-14(16)24-17(19)18-15(20)7-6-12-5-4-8-23-12/h4-10H,1-3H3. The van der Waals surface area contributed by atoms with E-state index in [0.29, 0.717) is 16.3 Å². The molecule has 0 aliphatic heterocycles. The molecule has 3 aromatic rings. The maximum absolute atomic E-state index is 12.1. The summed E-state index contributed by atoms with van der Waals surface area (Å²) in [6.07, 6.45) is 3.25. The number of aryl methyl sites for hydroxylation is 1. The highest BCUT2D eigenvalue weighted by Gasteiger charge is 2.12. The molecule has 0 spiro atoms. The second-order valence-corrected chi connectivity index (χ2v) is 6.91. The zero-order valence-electron chi connectivity index (χ0n) is 13.5. The lowest BCUT2D eigenvalue weighted by Gasteiger charge is -2.06. The van der Waals surface area contributed by atoms with Crippen molar-refractivity contribution in [3.8, 4) is 11.5 Å². The van der Waals surface area contributed by atoms with Gasteiger partial charge >= 0.3 is 0 Å². The van der Waals surface area contributed by atoms with Crippen molar-refractivity contribution in [3.05, 3.63) is 45.4 Å². The molecule has 0 aliphatic carbocycles. The van der Waals surface area contributed by atoms with Gasteiger partial charge in [0.1, 0.15) is 17.0 Å². The molecule has 0 radical (unpaired) electrons. The van der Waals surface area contributed by atoms with E-state index in [1.807, 2.05) is 41.3 Å². The van der Waals surface area contributed by atoms with Gasteiger partial charge in [-0.3, -0.25) is 4.79 Å². The Hall–Kier alpha value is -2.38. The van der Waals surface area contributed by atoms with E-state index in [2.05, 4.69) is 4.99 Å². The molecule has 1 aromatic carbocycles. The van der Waals surface area contributed by atoms with Gasteiger partial charge < -0.3 is 14.0 Å². The molecule has 7 heteroatoms. The molecule has 0 unspecified atom stereocenters. The minimum Gasteiger partial charge on any atom is -0.497 e. The van der Waals surface area contributed by atoms with E-state index in [4.69, 9.17) is 9.47 Å². The first kappa shape index (κ1) is 16.5. The van der Waals surface area contributed by atoms with E-state index in [0.717, 1.165) is 15.1 Å². The first-order chi connectivity index (χ1) is 11.6. The average Bonchev–Trinajstić information content (AvgIpc) is 3.21. The van der Waals surface area contributed by atoms with Crippen LogP contribution in [-0.2, 0) is 11.8 Å². The number of benzene rings is 1. The summed E-state index contributed by atoms with van der Waals surface area (Å²) < 4.78 is 13.5. The molecule has 0 N–H and O–H groups in total. The predicted octanol–water partition coefficient (Wildman–Crippen LogP) is 3.46. The fourth-order valence-corrected chi connectivity index (χ4v) is 3.96. The third-order valence-corrected chi connectivity index (χ3v) is 5.35. The molecule has 24 heavy (non-hydrogen) atoms. The number of nitrogens with zero attached hydrogens (tertiary/aromatic N) is 2. The molecule has 0 saturated heterocycles. The number of hydrogen-bond acceptors (Lipinski definition) is 5. The fraction of sp³-hybridized carbons (Fsp3) is 0.176. The summed E-state index contributed by atoms with van der Waals surface area (Å²) in [6, 6.07) is 7.62. The fourth-order valence-electron chi connectivity index (χ4n) is 2.27. The van der Waals surface area contributed by atoms with Crippen molar-refractivity contribution in [3.63, 3.8) is 0 Å². The number of thiophene rings is 1. The van der Waals surface area contributed by atoms with Crippen LogP contribution in [-0.4, -0.2) is 24.7 Å². The van der Waals surface area contributed by atoms with Gasteiger partial charge in [-0.1, -0.05) is 17.4 Å². The van der Waals surface area contributed by atoms with Gasteiger partial charge in [0, 0.05) is 24.1 Å². The Bertz CT molecular complexity index is 966. The van der Waals surface area contributed by atoms with Crippen LogP contribution in [0.1, 0.15) is 4.88 Å². The van der Waals surface area contributed by atoms with Crippen molar-refractivity contribution < 1.29 is 14.3 Å². The lowest BCUT2D eigenvalue weighted by Crippen LogP contribution is -2.12. The van der Waals surface area contributed by atoms with Gasteiger partial charge in [-0.2, -0.15) is 4.99 Å². The van der Waals surface area contributed by atoms with Gasteiger partial charge in [0.05, 0.1) is 18.9 Å². The Morgan fingerprint density at radius 2 is 2.12 bits per heavy atom. The predicted molar refractivity (Wildman–Crippen MR) is 97.8 cm³/mol. The Morgan fingerprint density at radius 1 is 1.29 bits per heavy atom. The lowest BCUT2D eigenvalue weighted by molar-refractivity contribution is -0.113. The topological polar surface area (TPSA) is 52.8 Å². The van der Waals surface area contributed by atoms with E-state index in [9.17, 15) is 4.79 Å². The molecular weight excluding hydrogens is 344 g/mol. The van der Waals surface area contributed by atoms with Gasteiger partial charge in [-0.25, -0.2) is 0 Å². The highest BCUT2D eigenvalue weighted by atomic mass is 32.1. The number of aromatic nitrogens is 1. The van der Waals surface area contributed by atoms with Crippen LogP contribution in [0, 0.1) is 0 Å². The molecule has 5 nitrogen and oxygen atoms in total. The first-order valence-corrected chi connectivity index (χ1v) is 8.84. The van der Waals surface area contributed by atoms with Crippen LogP contribution in [0.25, 0.3) is 16.3 Å². The third kappa shape index (κ3) is 3.27. The van der Waals surface area contributed by atoms with E-state index < -0.39 is 0 Å². The van der Waals surface area contributed by atoms with Crippen LogP contribution < -0.4 is 14.3 Å². The van der Waals surface area contributed by atoms with Crippen molar-refractivity contribution in [1.82, 2.24) is 4.57 Å². The minimum atomic E-state index is -0.295.